The van der Waals surface area contributed by atoms with Gasteiger partial charge < -0.3 is 10.1 Å². The molecule has 1 fully saturated rings. The van der Waals surface area contributed by atoms with Crippen molar-refractivity contribution >= 4 is 28.4 Å². The highest BCUT2D eigenvalue weighted by atomic mass is 35.5. The quantitative estimate of drug-likeness (QED) is 0.402. The molecular formula is C27H24ClFN6O2. The average molecular weight is 519 g/mol. The second-order valence-electron chi connectivity index (χ2n) is 9.14. The van der Waals surface area contributed by atoms with Gasteiger partial charge in [-0.15, -0.1) is 0 Å². The number of amides is 1. The molecule has 0 radical (unpaired) electrons. The van der Waals surface area contributed by atoms with Crippen LogP contribution < -0.4 is 5.32 Å². The molecule has 37 heavy (non-hydrogen) atoms. The first kappa shape index (κ1) is 24.8. The van der Waals surface area contributed by atoms with E-state index in [-0.39, 0.29) is 16.0 Å². The number of nitrogens with zero attached hydrogens (tertiary/aromatic N) is 5. The fraction of sp³-hybridized carbons (Fsp3) is 0.296. The molecule has 0 saturated carbocycles. The Hall–Kier alpha value is -3.87. The monoisotopic (exact) mass is 518 g/mol. The number of nitrogens with one attached hydrogen (secondary N) is 1. The van der Waals surface area contributed by atoms with Crippen molar-refractivity contribution in [3.05, 3.63) is 87.8 Å². The van der Waals surface area contributed by atoms with E-state index < -0.39 is 17.8 Å². The summed E-state index contributed by atoms with van der Waals surface area (Å²) in [5.74, 6) is -0.0156. The maximum absolute atomic E-state index is 15.0. The largest absolute Gasteiger partial charge is 0.381 e. The first-order valence-electron chi connectivity index (χ1n) is 11.9. The molecule has 4 aromatic rings. The third-order valence-corrected chi connectivity index (χ3v) is 6.87. The first-order valence-corrected chi connectivity index (χ1v) is 12.3. The maximum Gasteiger partial charge on any atom is 0.252 e. The van der Waals surface area contributed by atoms with E-state index in [0.717, 1.165) is 26.1 Å². The molecule has 0 unspecified atom stereocenters. The number of aryl methyl sites for hydroxylation is 1. The van der Waals surface area contributed by atoms with Crippen molar-refractivity contribution in [2.75, 3.05) is 13.2 Å². The number of aromatic nitrogens is 4. The van der Waals surface area contributed by atoms with Crippen molar-refractivity contribution in [1.82, 2.24) is 25.1 Å². The van der Waals surface area contributed by atoms with E-state index in [9.17, 15) is 14.4 Å². The van der Waals surface area contributed by atoms with Gasteiger partial charge in [-0.25, -0.2) is 14.4 Å². The Kier molecular flexibility index (Phi) is 7.12. The van der Waals surface area contributed by atoms with Crippen molar-refractivity contribution in [2.45, 2.75) is 25.3 Å². The van der Waals surface area contributed by atoms with Crippen LogP contribution in [-0.2, 0) is 18.2 Å². The van der Waals surface area contributed by atoms with Crippen LogP contribution in [0, 0.1) is 23.1 Å². The molecule has 1 aliphatic rings. The molecule has 1 atom stereocenters. The van der Waals surface area contributed by atoms with Gasteiger partial charge in [-0.3, -0.25) is 9.48 Å². The van der Waals surface area contributed by atoms with Gasteiger partial charge in [0.15, 0.2) is 0 Å². The van der Waals surface area contributed by atoms with E-state index in [4.69, 9.17) is 16.3 Å². The van der Waals surface area contributed by atoms with E-state index in [1.54, 1.807) is 48.4 Å². The van der Waals surface area contributed by atoms with Crippen LogP contribution >= 0.6 is 11.6 Å². The number of halogens is 2. The molecule has 0 spiro atoms. The highest BCUT2D eigenvalue weighted by Gasteiger charge is 2.22. The molecule has 1 saturated heterocycles. The van der Waals surface area contributed by atoms with Crippen molar-refractivity contribution < 1.29 is 13.9 Å². The molecule has 1 amide bonds. The molecule has 3 heterocycles. The zero-order valence-electron chi connectivity index (χ0n) is 20.1. The van der Waals surface area contributed by atoms with Crippen LogP contribution in [-0.4, -0.2) is 38.9 Å². The summed E-state index contributed by atoms with van der Waals surface area (Å²) in [6, 6.07) is 9.12. The van der Waals surface area contributed by atoms with Crippen molar-refractivity contribution in [2.24, 2.45) is 13.0 Å². The Morgan fingerprint density at radius 1 is 1.27 bits per heavy atom. The highest BCUT2D eigenvalue weighted by molar-refractivity contribution is 6.31. The maximum atomic E-state index is 15.0. The van der Waals surface area contributed by atoms with Crippen LogP contribution in [0.1, 0.15) is 51.8 Å². The van der Waals surface area contributed by atoms with Crippen LogP contribution in [0.15, 0.2) is 48.9 Å². The number of hydrogen-bond acceptors (Lipinski definition) is 6. The summed E-state index contributed by atoms with van der Waals surface area (Å²) in [4.78, 5) is 22.3. The lowest BCUT2D eigenvalue weighted by Crippen LogP contribution is -2.29. The number of benzene rings is 2. The molecular weight excluding hydrogens is 495 g/mol. The minimum Gasteiger partial charge on any atom is -0.381 e. The molecule has 1 N–H and O–H groups in total. The van der Waals surface area contributed by atoms with Gasteiger partial charge in [-0.05, 0) is 48.6 Å². The zero-order chi connectivity index (χ0) is 25.9. The lowest BCUT2D eigenvalue weighted by molar-refractivity contribution is 0.0660. The third-order valence-electron chi connectivity index (χ3n) is 6.55. The molecule has 188 valence electrons. The third kappa shape index (κ3) is 5.45. The Balaban J connectivity index is 1.45. The minimum atomic E-state index is -0.625. The lowest BCUT2D eigenvalue weighted by Gasteiger charge is -2.21. The smallest absolute Gasteiger partial charge is 0.252 e. The van der Waals surface area contributed by atoms with E-state index in [0.29, 0.717) is 40.4 Å². The number of carbonyl (C=O) groups excluding carboxylic acids is 1. The van der Waals surface area contributed by atoms with Crippen LogP contribution in [0.4, 0.5) is 4.39 Å². The van der Waals surface area contributed by atoms with Gasteiger partial charge in [0.25, 0.3) is 5.91 Å². The number of carbonyl (C=O) groups is 1. The SMILES string of the molecule is Cn1cc([C@@H](NC(=O)c2cc(F)c3cnc(CC4CCOCC4)nc3c2)c2ccc(C#N)c(Cl)c2)cn1. The summed E-state index contributed by atoms with van der Waals surface area (Å²) in [5.41, 5.74) is 2.21. The molecule has 1 aliphatic heterocycles. The normalized spacial score (nSPS) is 14.9. The first-order chi connectivity index (χ1) is 17.9. The summed E-state index contributed by atoms with van der Waals surface area (Å²) in [5, 5.41) is 16.9. The van der Waals surface area contributed by atoms with Gasteiger partial charge >= 0.3 is 0 Å². The van der Waals surface area contributed by atoms with E-state index in [1.807, 2.05) is 6.07 Å². The van der Waals surface area contributed by atoms with Gasteiger partial charge in [0.1, 0.15) is 17.7 Å². The van der Waals surface area contributed by atoms with Gasteiger partial charge in [0.05, 0.1) is 33.7 Å². The number of hydrogen-bond donors (Lipinski definition) is 1. The fourth-order valence-corrected chi connectivity index (χ4v) is 4.76. The topological polar surface area (TPSA) is 106 Å². The van der Waals surface area contributed by atoms with Gasteiger partial charge in [0.2, 0.25) is 0 Å². The number of ether oxygens (including phenoxy) is 1. The van der Waals surface area contributed by atoms with E-state index in [1.165, 1.54) is 12.3 Å². The van der Waals surface area contributed by atoms with Crippen LogP contribution in [0.2, 0.25) is 5.02 Å². The summed E-state index contributed by atoms with van der Waals surface area (Å²) in [6.45, 7) is 1.44. The van der Waals surface area contributed by atoms with Crippen LogP contribution in [0.3, 0.4) is 0 Å². The van der Waals surface area contributed by atoms with Crippen molar-refractivity contribution in [3.63, 3.8) is 0 Å². The summed E-state index contributed by atoms with van der Waals surface area (Å²) >= 11 is 6.26. The zero-order valence-corrected chi connectivity index (χ0v) is 20.9. The predicted octanol–water partition coefficient (Wildman–Crippen LogP) is 4.52. The van der Waals surface area contributed by atoms with E-state index >= 15 is 0 Å². The van der Waals surface area contributed by atoms with Gasteiger partial charge in [-0.1, -0.05) is 17.7 Å². The van der Waals surface area contributed by atoms with Crippen LogP contribution in [0.5, 0.6) is 0 Å². The number of rotatable bonds is 6. The molecule has 5 rings (SSSR count). The average Bonchev–Trinajstić information content (AvgIpc) is 3.33. The Bertz CT molecular complexity index is 1510. The second kappa shape index (κ2) is 10.6. The van der Waals surface area contributed by atoms with Crippen LogP contribution in [0.25, 0.3) is 10.9 Å². The fourth-order valence-electron chi connectivity index (χ4n) is 4.53. The summed E-state index contributed by atoms with van der Waals surface area (Å²) in [7, 11) is 1.77. The minimum absolute atomic E-state index is 0.134. The van der Waals surface area contributed by atoms with Crippen molar-refractivity contribution in [3.8, 4) is 6.07 Å². The lowest BCUT2D eigenvalue weighted by atomic mass is 9.96. The number of fused-ring (bicyclic) bond motifs is 1. The Morgan fingerprint density at radius 3 is 2.78 bits per heavy atom. The Labute approximate surface area is 218 Å². The van der Waals surface area contributed by atoms with Gasteiger partial charge in [-0.2, -0.15) is 10.4 Å². The number of nitriles is 1. The second-order valence-corrected chi connectivity index (χ2v) is 9.55. The summed E-state index contributed by atoms with van der Waals surface area (Å²) in [6.07, 6.45) is 7.44. The standard InChI is InChI=1S/C27H24ClFN6O2/c1-35-15-20(13-32-35)26(17-2-3-18(12-30)22(28)9-17)34-27(36)19-10-23(29)21-14-31-25(33-24(21)11-19)8-16-4-6-37-7-5-16/h2-3,9-11,13-16,26H,4-8H2,1H3,(H,34,36)/t26-/m0/s1. The molecule has 2 aromatic heterocycles. The molecule has 2 aromatic carbocycles. The predicted molar refractivity (Wildman–Crippen MR) is 135 cm³/mol. The molecule has 8 nitrogen and oxygen atoms in total. The molecule has 10 heteroatoms. The van der Waals surface area contributed by atoms with Gasteiger partial charge in [0, 0.05) is 50.2 Å². The highest BCUT2D eigenvalue weighted by Crippen LogP contribution is 2.28. The van der Waals surface area contributed by atoms with Crippen molar-refractivity contribution in [1.29, 1.82) is 5.26 Å². The molecule has 0 bridgehead atoms. The molecule has 0 aliphatic carbocycles. The van der Waals surface area contributed by atoms with E-state index in [2.05, 4.69) is 20.4 Å². The Morgan fingerprint density at radius 2 is 2.08 bits per heavy atom. The summed E-state index contributed by atoms with van der Waals surface area (Å²) < 4.78 is 22.0.